The van der Waals surface area contributed by atoms with Crippen LogP contribution in [0.4, 0.5) is 0 Å². The van der Waals surface area contributed by atoms with E-state index in [0.29, 0.717) is 0 Å². The fraction of sp³-hybridized carbons (Fsp3) is 0.118. The molecule has 3 nitrogen and oxygen atoms in total. The number of nitrogens with zero attached hydrogens (tertiary/aromatic N) is 2. The van der Waals surface area contributed by atoms with Crippen molar-refractivity contribution in [2.75, 3.05) is 0 Å². The summed E-state index contributed by atoms with van der Waals surface area (Å²) in [6, 6.07) is 20.0. The molecule has 0 amide bonds. The Morgan fingerprint density at radius 2 is 1.65 bits per heavy atom. The summed E-state index contributed by atoms with van der Waals surface area (Å²) in [4.78, 5) is 0. The predicted molar refractivity (Wildman–Crippen MR) is 80.8 cm³/mol. The predicted octanol–water partition coefficient (Wildman–Crippen LogP) is 3.23. The maximum atomic E-state index is 6.44. The van der Waals surface area contributed by atoms with Crippen molar-refractivity contribution in [1.29, 1.82) is 0 Å². The molecule has 3 rings (SSSR count). The lowest BCUT2D eigenvalue weighted by atomic mass is 9.99. The third-order valence-corrected chi connectivity index (χ3v) is 3.51. The highest BCUT2D eigenvalue weighted by Crippen LogP contribution is 2.24. The third kappa shape index (κ3) is 2.24. The Morgan fingerprint density at radius 3 is 2.40 bits per heavy atom. The fourth-order valence-corrected chi connectivity index (χ4v) is 2.43. The van der Waals surface area contributed by atoms with E-state index >= 15 is 0 Å². The first-order chi connectivity index (χ1) is 9.77. The Bertz CT molecular complexity index is 701. The number of para-hydroxylation sites is 1. The molecule has 0 aliphatic rings. The fourth-order valence-electron chi connectivity index (χ4n) is 2.43. The molecular formula is C17H17N3. The van der Waals surface area contributed by atoms with Crippen LogP contribution in [0.5, 0.6) is 0 Å². The zero-order valence-corrected chi connectivity index (χ0v) is 11.4. The van der Waals surface area contributed by atoms with Crippen molar-refractivity contribution in [2.45, 2.75) is 13.0 Å². The highest BCUT2D eigenvalue weighted by Gasteiger charge is 2.16. The van der Waals surface area contributed by atoms with Gasteiger partial charge in [0.15, 0.2) is 0 Å². The molecule has 100 valence electrons. The topological polar surface area (TPSA) is 43.8 Å². The first kappa shape index (κ1) is 12.6. The van der Waals surface area contributed by atoms with Gasteiger partial charge in [-0.15, -0.1) is 0 Å². The van der Waals surface area contributed by atoms with Gasteiger partial charge in [0.1, 0.15) is 0 Å². The largest absolute Gasteiger partial charge is 0.319 e. The van der Waals surface area contributed by atoms with Gasteiger partial charge >= 0.3 is 0 Å². The van der Waals surface area contributed by atoms with Crippen molar-refractivity contribution >= 4 is 0 Å². The third-order valence-electron chi connectivity index (χ3n) is 3.51. The quantitative estimate of drug-likeness (QED) is 0.788. The van der Waals surface area contributed by atoms with Crippen LogP contribution < -0.4 is 5.73 Å². The van der Waals surface area contributed by atoms with Crippen LogP contribution in [0.3, 0.4) is 0 Å². The monoisotopic (exact) mass is 263 g/mol. The minimum atomic E-state index is -0.182. The standard InChI is InChI=1S/C17H17N3/c1-13-7-5-6-10-15(13)17(18)16-11-12-19-20(16)14-8-3-2-4-9-14/h2-12,17H,18H2,1H3. The summed E-state index contributed by atoms with van der Waals surface area (Å²) in [7, 11) is 0. The van der Waals surface area contributed by atoms with Crippen LogP contribution in [0.15, 0.2) is 66.9 Å². The van der Waals surface area contributed by atoms with E-state index < -0.39 is 0 Å². The van der Waals surface area contributed by atoms with Gasteiger partial charge in [0.2, 0.25) is 0 Å². The van der Waals surface area contributed by atoms with Crippen molar-refractivity contribution in [1.82, 2.24) is 9.78 Å². The first-order valence-electron chi connectivity index (χ1n) is 6.68. The molecule has 2 aromatic carbocycles. The van der Waals surface area contributed by atoms with Crippen molar-refractivity contribution in [3.8, 4) is 5.69 Å². The molecule has 1 atom stereocenters. The normalized spacial score (nSPS) is 12.3. The Morgan fingerprint density at radius 1 is 0.950 bits per heavy atom. The molecule has 0 fully saturated rings. The van der Waals surface area contributed by atoms with E-state index in [0.717, 1.165) is 16.9 Å². The highest BCUT2D eigenvalue weighted by atomic mass is 15.3. The number of hydrogen-bond acceptors (Lipinski definition) is 2. The van der Waals surface area contributed by atoms with Gasteiger partial charge in [-0.25, -0.2) is 4.68 Å². The number of benzene rings is 2. The van der Waals surface area contributed by atoms with Crippen molar-refractivity contribution in [3.05, 3.63) is 83.7 Å². The van der Waals surface area contributed by atoms with Gasteiger partial charge in [-0.2, -0.15) is 5.10 Å². The van der Waals surface area contributed by atoms with Gasteiger partial charge in [0.05, 0.1) is 17.4 Å². The van der Waals surface area contributed by atoms with Gasteiger partial charge in [0.25, 0.3) is 0 Å². The summed E-state index contributed by atoms with van der Waals surface area (Å²) in [5.41, 5.74) is 10.8. The summed E-state index contributed by atoms with van der Waals surface area (Å²) in [5.74, 6) is 0. The number of nitrogens with two attached hydrogens (primary N) is 1. The average molecular weight is 263 g/mol. The minimum absolute atomic E-state index is 0.182. The summed E-state index contributed by atoms with van der Waals surface area (Å²) in [6.07, 6.45) is 1.79. The Hall–Kier alpha value is -2.39. The van der Waals surface area contributed by atoms with Crippen LogP contribution in [0.25, 0.3) is 5.69 Å². The van der Waals surface area contributed by atoms with E-state index in [1.807, 2.05) is 53.2 Å². The lowest BCUT2D eigenvalue weighted by Crippen LogP contribution is -2.17. The molecule has 0 spiro atoms. The minimum Gasteiger partial charge on any atom is -0.319 e. The van der Waals surface area contributed by atoms with E-state index in [1.165, 1.54) is 5.56 Å². The van der Waals surface area contributed by atoms with Crippen molar-refractivity contribution < 1.29 is 0 Å². The van der Waals surface area contributed by atoms with Crippen LogP contribution in [0, 0.1) is 6.92 Å². The average Bonchev–Trinajstić information content (AvgIpc) is 2.97. The molecule has 0 aliphatic heterocycles. The van der Waals surface area contributed by atoms with Crippen LogP contribution >= 0.6 is 0 Å². The number of aromatic nitrogens is 2. The summed E-state index contributed by atoms with van der Waals surface area (Å²) in [6.45, 7) is 2.08. The van der Waals surface area contributed by atoms with E-state index in [1.54, 1.807) is 6.20 Å². The summed E-state index contributed by atoms with van der Waals surface area (Å²) in [5, 5.41) is 4.40. The Labute approximate surface area is 118 Å². The second-order valence-corrected chi connectivity index (χ2v) is 4.84. The molecule has 0 saturated heterocycles. The van der Waals surface area contributed by atoms with Crippen LogP contribution in [-0.2, 0) is 0 Å². The zero-order chi connectivity index (χ0) is 13.9. The molecule has 1 heterocycles. The highest BCUT2D eigenvalue weighted by molar-refractivity contribution is 5.38. The van der Waals surface area contributed by atoms with Crippen LogP contribution in [-0.4, -0.2) is 9.78 Å². The molecule has 0 saturated carbocycles. The van der Waals surface area contributed by atoms with E-state index in [9.17, 15) is 0 Å². The second kappa shape index (κ2) is 5.31. The molecule has 3 aromatic rings. The number of rotatable bonds is 3. The maximum absolute atomic E-state index is 6.44. The zero-order valence-electron chi connectivity index (χ0n) is 11.4. The first-order valence-corrected chi connectivity index (χ1v) is 6.68. The second-order valence-electron chi connectivity index (χ2n) is 4.84. The molecule has 1 unspecified atom stereocenters. The molecule has 3 heteroatoms. The van der Waals surface area contributed by atoms with E-state index in [4.69, 9.17) is 5.73 Å². The lowest BCUT2D eigenvalue weighted by molar-refractivity contribution is 0.736. The summed E-state index contributed by atoms with van der Waals surface area (Å²) >= 11 is 0. The molecule has 2 N–H and O–H groups in total. The van der Waals surface area contributed by atoms with Gasteiger partial charge in [-0.1, -0.05) is 42.5 Å². The molecular weight excluding hydrogens is 246 g/mol. The smallest absolute Gasteiger partial charge is 0.0730 e. The summed E-state index contributed by atoms with van der Waals surface area (Å²) < 4.78 is 1.90. The molecule has 20 heavy (non-hydrogen) atoms. The van der Waals surface area contributed by atoms with Crippen LogP contribution in [0.2, 0.25) is 0 Å². The molecule has 0 bridgehead atoms. The molecule has 0 aliphatic carbocycles. The van der Waals surface area contributed by atoms with Gasteiger partial charge < -0.3 is 5.73 Å². The Balaban J connectivity index is 2.04. The Kier molecular flexibility index (Phi) is 3.35. The number of hydrogen-bond donors (Lipinski definition) is 1. The van der Waals surface area contributed by atoms with Gasteiger partial charge in [-0.05, 0) is 36.2 Å². The maximum Gasteiger partial charge on any atom is 0.0730 e. The molecule has 0 radical (unpaired) electrons. The van der Waals surface area contributed by atoms with E-state index in [-0.39, 0.29) is 6.04 Å². The SMILES string of the molecule is Cc1ccccc1C(N)c1ccnn1-c1ccccc1. The number of aryl methyl sites for hydroxylation is 1. The van der Waals surface area contributed by atoms with E-state index in [2.05, 4.69) is 24.2 Å². The van der Waals surface area contributed by atoms with Gasteiger partial charge in [-0.3, -0.25) is 0 Å². The van der Waals surface area contributed by atoms with Gasteiger partial charge in [0, 0.05) is 6.20 Å². The van der Waals surface area contributed by atoms with Crippen LogP contribution in [0.1, 0.15) is 22.9 Å². The lowest BCUT2D eigenvalue weighted by Gasteiger charge is -2.16. The van der Waals surface area contributed by atoms with Crippen molar-refractivity contribution in [2.24, 2.45) is 5.73 Å². The molecule has 1 aromatic heterocycles. The van der Waals surface area contributed by atoms with Crippen molar-refractivity contribution in [3.63, 3.8) is 0 Å².